The van der Waals surface area contributed by atoms with E-state index in [0.29, 0.717) is 6.61 Å². The minimum Gasteiger partial charge on any atom is -0.494 e. The molecule has 0 saturated carbocycles. The molecule has 0 fully saturated rings. The van der Waals surface area contributed by atoms with Crippen molar-refractivity contribution in [1.82, 2.24) is 4.40 Å². The van der Waals surface area contributed by atoms with Gasteiger partial charge in [-0.05, 0) is 55.5 Å². The average molecular weight is 264 g/mol. The topological polar surface area (TPSA) is 26.0 Å². The standard InChI is InChI=1S/C17H16N2O/c1-2-20-17-8-6-14(7-9-17)18-15-10-12-19-11-4-3-5-16(19)13-15/h3-13H,2H2,1H3/b18-15-. The van der Waals surface area contributed by atoms with E-state index in [0.717, 1.165) is 22.3 Å². The predicted molar refractivity (Wildman–Crippen MR) is 80.2 cm³/mol. The Hall–Kier alpha value is -2.55. The third-order valence-electron chi connectivity index (χ3n) is 3.03. The average Bonchev–Trinajstić information content (AvgIpc) is 2.49. The molecule has 3 heteroatoms. The molecule has 20 heavy (non-hydrogen) atoms. The first kappa shape index (κ1) is 12.5. The summed E-state index contributed by atoms with van der Waals surface area (Å²) in [7, 11) is 0. The maximum Gasteiger partial charge on any atom is 0.119 e. The molecule has 0 unspecified atom stereocenters. The minimum atomic E-state index is 0.679. The van der Waals surface area contributed by atoms with Gasteiger partial charge in [0.25, 0.3) is 0 Å². The Bertz CT molecular complexity index is 773. The lowest BCUT2D eigenvalue weighted by Gasteiger charge is -2.02. The molecule has 0 spiro atoms. The van der Waals surface area contributed by atoms with Gasteiger partial charge in [-0.1, -0.05) is 6.07 Å². The highest BCUT2D eigenvalue weighted by molar-refractivity contribution is 5.47. The number of nitrogens with zero attached hydrogens (tertiary/aromatic N) is 2. The molecule has 3 aromatic rings. The Labute approximate surface area is 117 Å². The fourth-order valence-corrected chi connectivity index (χ4v) is 2.09. The number of hydrogen-bond acceptors (Lipinski definition) is 2. The third kappa shape index (κ3) is 2.72. The van der Waals surface area contributed by atoms with Gasteiger partial charge in [0, 0.05) is 17.9 Å². The number of fused-ring (bicyclic) bond motifs is 1. The first-order valence-electron chi connectivity index (χ1n) is 6.70. The van der Waals surface area contributed by atoms with Gasteiger partial charge in [-0.15, -0.1) is 0 Å². The molecule has 0 aliphatic heterocycles. The van der Waals surface area contributed by atoms with Crippen LogP contribution < -0.4 is 10.1 Å². The molecular formula is C17H16N2O. The number of rotatable bonds is 3. The highest BCUT2D eigenvalue weighted by Crippen LogP contribution is 2.17. The quantitative estimate of drug-likeness (QED) is 0.710. The lowest BCUT2D eigenvalue weighted by atomic mass is 10.3. The lowest BCUT2D eigenvalue weighted by Crippen LogP contribution is -2.01. The maximum atomic E-state index is 5.42. The van der Waals surface area contributed by atoms with Crippen molar-refractivity contribution in [2.45, 2.75) is 6.92 Å². The van der Waals surface area contributed by atoms with Crippen LogP contribution in [0, 0.1) is 0 Å². The summed E-state index contributed by atoms with van der Waals surface area (Å²) in [6.45, 7) is 2.66. The monoisotopic (exact) mass is 264 g/mol. The lowest BCUT2D eigenvalue weighted by molar-refractivity contribution is 0.340. The summed E-state index contributed by atoms with van der Waals surface area (Å²) in [5.41, 5.74) is 2.05. The van der Waals surface area contributed by atoms with Crippen molar-refractivity contribution in [3.8, 4) is 5.75 Å². The number of benzene rings is 1. The van der Waals surface area contributed by atoms with Crippen LogP contribution in [0.4, 0.5) is 5.69 Å². The van der Waals surface area contributed by atoms with E-state index >= 15 is 0 Å². The predicted octanol–water partition coefficient (Wildman–Crippen LogP) is 3.57. The van der Waals surface area contributed by atoms with Gasteiger partial charge in [-0.25, -0.2) is 4.99 Å². The number of ether oxygens (including phenoxy) is 1. The van der Waals surface area contributed by atoms with Crippen LogP contribution in [0.5, 0.6) is 5.75 Å². The zero-order chi connectivity index (χ0) is 13.8. The van der Waals surface area contributed by atoms with E-state index in [9.17, 15) is 0 Å². The van der Waals surface area contributed by atoms with E-state index in [1.54, 1.807) is 0 Å². The molecule has 2 heterocycles. The maximum absolute atomic E-state index is 5.42. The van der Waals surface area contributed by atoms with Crippen molar-refractivity contribution in [3.05, 3.63) is 72.3 Å². The Balaban J connectivity index is 1.96. The summed E-state index contributed by atoms with van der Waals surface area (Å²) in [6.07, 6.45) is 4.04. The summed E-state index contributed by atoms with van der Waals surface area (Å²) in [6, 6.07) is 18.0. The van der Waals surface area contributed by atoms with E-state index in [-0.39, 0.29) is 0 Å². The van der Waals surface area contributed by atoms with Crippen molar-refractivity contribution < 1.29 is 4.74 Å². The van der Waals surface area contributed by atoms with Crippen LogP contribution in [0.1, 0.15) is 6.92 Å². The molecule has 3 nitrogen and oxygen atoms in total. The van der Waals surface area contributed by atoms with Crippen molar-refractivity contribution in [2.75, 3.05) is 6.61 Å². The van der Waals surface area contributed by atoms with Crippen LogP contribution in [-0.4, -0.2) is 11.0 Å². The Morgan fingerprint density at radius 2 is 1.85 bits per heavy atom. The number of hydrogen-bond donors (Lipinski definition) is 0. The van der Waals surface area contributed by atoms with Crippen LogP contribution in [0.15, 0.2) is 72.0 Å². The zero-order valence-corrected chi connectivity index (χ0v) is 11.4. The highest BCUT2D eigenvalue weighted by atomic mass is 16.5. The van der Waals surface area contributed by atoms with Gasteiger partial charge in [0.05, 0.1) is 17.7 Å². The highest BCUT2D eigenvalue weighted by Gasteiger charge is 1.94. The van der Waals surface area contributed by atoms with Crippen LogP contribution in [-0.2, 0) is 0 Å². The zero-order valence-electron chi connectivity index (χ0n) is 11.4. The molecule has 0 saturated heterocycles. The third-order valence-corrected chi connectivity index (χ3v) is 3.03. The molecule has 0 atom stereocenters. The molecule has 0 radical (unpaired) electrons. The van der Waals surface area contributed by atoms with E-state index in [4.69, 9.17) is 4.74 Å². The molecule has 3 rings (SSSR count). The van der Waals surface area contributed by atoms with E-state index < -0.39 is 0 Å². The Morgan fingerprint density at radius 3 is 2.65 bits per heavy atom. The minimum absolute atomic E-state index is 0.679. The SMILES string of the molecule is CCOc1ccc(/N=c2/ccn3ccccc3c2)cc1. The van der Waals surface area contributed by atoms with E-state index in [2.05, 4.69) is 21.5 Å². The van der Waals surface area contributed by atoms with Gasteiger partial charge in [-0.3, -0.25) is 0 Å². The molecule has 0 aliphatic carbocycles. The summed E-state index contributed by atoms with van der Waals surface area (Å²) in [4.78, 5) is 4.62. The second-order valence-corrected chi connectivity index (χ2v) is 4.46. The summed E-state index contributed by atoms with van der Waals surface area (Å²) in [5, 5.41) is 0.945. The van der Waals surface area contributed by atoms with Crippen LogP contribution >= 0.6 is 0 Å². The van der Waals surface area contributed by atoms with Gasteiger partial charge in [0.1, 0.15) is 5.75 Å². The fraction of sp³-hybridized carbons (Fsp3) is 0.118. The van der Waals surface area contributed by atoms with Crippen molar-refractivity contribution in [2.24, 2.45) is 4.99 Å². The first-order valence-corrected chi connectivity index (χ1v) is 6.70. The molecule has 2 aromatic heterocycles. The van der Waals surface area contributed by atoms with E-state index in [1.807, 2.05) is 61.8 Å². The first-order chi connectivity index (χ1) is 9.85. The Morgan fingerprint density at radius 1 is 1.00 bits per heavy atom. The second-order valence-electron chi connectivity index (χ2n) is 4.46. The summed E-state index contributed by atoms with van der Waals surface area (Å²) < 4.78 is 7.49. The van der Waals surface area contributed by atoms with Crippen molar-refractivity contribution >= 4 is 11.2 Å². The van der Waals surface area contributed by atoms with Crippen molar-refractivity contribution in [3.63, 3.8) is 0 Å². The van der Waals surface area contributed by atoms with Gasteiger partial charge >= 0.3 is 0 Å². The molecule has 1 aromatic carbocycles. The number of pyridine rings is 2. The summed E-state index contributed by atoms with van der Waals surface area (Å²) >= 11 is 0. The largest absolute Gasteiger partial charge is 0.494 e. The molecule has 0 aliphatic rings. The molecule has 0 amide bonds. The van der Waals surface area contributed by atoms with Crippen molar-refractivity contribution in [1.29, 1.82) is 0 Å². The van der Waals surface area contributed by atoms with Gasteiger partial charge < -0.3 is 9.14 Å². The molecular weight excluding hydrogens is 248 g/mol. The van der Waals surface area contributed by atoms with Gasteiger partial charge in [0.2, 0.25) is 0 Å². The van der Waals surface area contributed by atoms with Crippen LogP contribution in [0.3, 0.4) is 0 Å². The molecule has 0 N–H and O–H groups in total. The summed E-state index contributed by atoms with van der Waals surface area (Å²) in [5.74, 6) is 0.875. The second kappa shape index (κ2) is 5.61. The normalized spacial score (nSPS) is 11.8. The number of aromatic nitrogens is 1. The smallest absolute Gasteiger partial charge is 0.119 e. The molecule has 0 bridgehead atoms. The van der Waals surface area contributed by atoms with Crippen LogP contribution in [0.2, 0.25) is 0 Å². The van der Waals surface area contributed by atoms with E-state index in [1.165, 1.54) is 0 Å². The van der Waals surface area contributed by atoms with Gasteiger partial charge in [0.15, 0.2) is 0 Å². The van der Waals surface area contributed by atoms with Crippen LogP contribution in [0.25, 0.3) is 5.52 Å². The molecule has 100 valence electrons. The fourth-order valence-electron chi connectivity index (χ4n) is 2.09. The van der Waals surface area contributed by atoms with Gasteiger partial charge in [-0.2, -0.15) is 0 Å². The Kier molecular flexibility index (Phi) is 3.50.